The van der Waals surface area contributed by atoms with Crippen molar-refractivity contribution < 1.29 is 24.2 Å². The van der Waals surface area contributed by atoms with Crippen molar-refractivity contribution in [1.82, 2.24) is 20.3 Å². The molecule has 3 heterocycles. The number of nitrogens with one attached hydrogen (secondary N) is 3. The molecule has 0 aliphatic heterocycles. The van der Waals surface area contributed by atoms with Crippen LogP contribution in [0.15, 0.2) is 22.3 Å². The number of ether oxygens (including phenoxy) is 1. The molecule has 0 aromatic carbocycles. The number of carbonyl (C=O) groups is 3. The maximum absolute atomic E-state index is 12.9. The number of amides is 1. The molecule has 0 fully saturated rings. The second-order valence-electron chi connectivity index (χ2n) is 8.09. The molecule has 6 N–H and O–H groups in total. The summed E-state index contributed by atoms with van der Waals surface area (Å²) in [6, 6.07) is 2.31. The van der Waals surface area contributed by atoms with E-state index in [0.29, 0.717) is 40.7 Å². The maximum Gasteiger partial charge on any atom is 0.328 e. The minimum Gasteiger partial charge on any atom is -0.481 e. The van der Waals surface area contributed by atoms with Gasteiger partial charge in [-0.2, -0.15) is 4.98 Å². The van der Waals surface area contributed by atoms with E-state index in [1.54, 1.807) is 24.4 Å². The third-order valence-corrected chi connectivity index (χ3v) is 6.23. The highest BCUT2D eigenvalue weighted by Gasteiger charge is 2.26. The van der Waals surface area contributed by atoms with Crippen LogP contribution in [0, 0.1) is 11.8 Å². The van der Waals surface area contributed by atoms with Crippen molar-refractivity contribution in [2.45, 2.75) is 58.1 Å². The summed E-state index contributed by atoms with van der Waals surface area (Å²) >= 11 is 1.17. The van der Waals surface area contributed by atoms with E-state index in [9.17, 15) is 19.2 Å². The van der Waals surface area contributed by atoms with Crippen molar-refractivity contribution in [2.24, 2.45) is 0 Å². The van der Waals surface area contributed by atoms with E-state index in [-0.39, 0.29) is 30.5 Å². The van der Waals surface area contributed by atoms with E-state index < -0.39 is 23.9 Å². The number of carboxylic acids is 1. The van der Waals surface area contributed by atoms with Gasteiger partial charge < -0.3 is 25.9 Å². The Morgan fingerprint density at radius 1 is 1.33 bits per heavy atom. The Balaban J connectivity index is 1.66. The number of carbonyl (C=O) groups excluding carboxylic acids is 2. The second kappa shape index (κ2) is 12.0. The van der Waals surface area contributed by atoms with Crippen LogP contribution in [0.2, 0.25) is 0 Å². The summed E-state index contributed by atoms with van der Waals surface area (Å²) in [5.41, 5.74) is 6.90. The summed E-state index contributed by atoms with van der Waals surface area (Å²) in [6.45, 7) is 3.57. The molecule has 36 heavy (non-hydrogen) atoms. The standard InChI is InChI=1S/C24H27N5O6S/c1-3-13(2)35-23(34)17(8-9-18(30)31)27-22(33)19-14(10-11-36-19)6-4-5-7-15-12-16-20(26-15)28-24(25)29-21(16)32/h10-13,17H,3,5,7-9H2,1-2H3,(H,27,33)(H,30,31)(H4,25,26,28,29,32). The van der Waals surface area contributed by atoms with Crippen LogP contribution in [-0.2, 0) is 20.7 Å². The van der Waals surface area contributed by atoms with Crippen molar-refractivity contribution >= 4 is 46.2 Å². The highest BCUT2D eigenvalue weighted by Crippen LogP contribution is 2.17. The van der Waals surface area contributed by atoms with Gasteiger partial charge in [0.25, 0.3) is 11.5 Å². The molecule has 0 aliphatic rings. The van der Waals surface area contributed by atoms with Crippen molar-refractivity contribution in [3.63, 3.8) is 0 Å². The van der Waals surface area contributed by atoms with Crippen molar-refractivity contribution in [2.75, 3.05) is 5.73 Å². The quantitative estimate of drug-likeness (QED) is 0.202. The monoisotopic (exact) mass is 513 g/mol. The van der Waals surface area contributed by atoms with Crippen molar-refractivity contribution in [3.05, 3.63) is 44.0 Å². The molecule has 0 spiro atoms. The summed E-state index contributed by atoms with van der Waals surface area (Å²) in [7, 11) is 0. The van der Waals surface area contributed by atoms with Gasteiger partial charge in [0.2, 0.25) is 5.95 Å². The first kappa shape index (κ1) is 26.5. The van der Waals surface area contributed by atoms with Gasteiger partial charge in [0, 0.05) is 24.1 Å². The largest absolute Gasteiger partial charge is 0.481 e. The van der Waals surface area contributed by atoms with Gasteiger partial charge in [-0.1, -0.05) is 18.8 Å². The summed E-state index contributed by atoms with van der Waals surface area (Å²) < 4.78 is 5.29. The number of esters is 1. The zero-order valence-corrected chi connectivity index (χ0v) is 20.7. The molecule has 0 saturated heterocycles. The van der Waals surface area contributed by atoms with Gasteiger partial charge in [-0.15, -0.1) is 11.3 Å². The molecule has 2 atom stereocenters. The lowest BCUT2D eigenvalue weighted by atomic mass is 10.1. The number of anilines is 1. The highest BCUT2D eigenvalue weighted by atomic mass is 32.1. The molecule has 3 rings (SSSR count). The first-order valence-electron chi connectivity index (χ1n) is 11.3. The molecule has 1 amide bonds. The number of aliphatic carboxylic acids is 1. The minimum absolute atomic E-state index is 0.0299. The van der Waals surface area contributed by atoms with Crippen LogP contribution in [-0.4, -0.2) is 50.1 Å². The minimum atomic E-state index is -1.08. The Labute approximate surface area is 210 Å². The fraction of sp³-hybridized carbons (Fsp3) is 0.375. The Morgan fingerprint density at radius 3 is 2.83 bits per heavy atom. The summed E-state index contributed by atoms with van der Waals surface area (Å²) in [5, 5.41) is 13.7. The number of hydrogen-bond donors (Lipinski definition) is 5. The van der Waals surface area contributed by atoms with E-state index >= 15 is 0 Å². The Kier molecular flexibility index (Phi) is 8.86. The van der Waals surface area contributed by atoms with E-state index in [4.69, 9.17) is 15.6 Å². The maximum atomic E-state index is 12.9. The van der Waals surface area contributed by atoms with Gasteiger partial charge in [-0.3, -0.25) is 19.4 Å². The lowest BCUT2D eigenvalue weighted by molar-refractivity contribution is -0.151. The second-order valence-corrected chi connectivity index (χ2v) is 9.00. The first-order chi connectivity index (χ1) is 17.2. The van der Waals surface area contributed by atoms with Gasteiger partial charge in [0.1, 0.15) is 16.6 Å². The number of nitrogen functional groups attached to an aromatic ring is 1. The van der Waals surface area contributed by atoms with Crippen LogP contribution in [0.25, 0.3) is 11.0 Å². The van der Waals surface area contributed by atoms with Gasteiger partial charge in [0.15, 0.2) is 0 Å². The number of H-pyrrole nitrogens is 2. The summed E-state index contributed by atoms with van der Waals surface area (Å²) in [5.74, 6) is 3.73. The molecule has 3 aromatic heterocycles. The number of rotatable bonds is 10. The Hall–Kier alpha value is -4.11. The van der Waals surface area contributed by atoms with Crippen LogP contribution < -0.4 is 16.6 Å². The number of nitrogens with two attached hydrogens (primary N) is 1. The summed E-state index contributed by atoms with van der Waals surface area (Å²) in [6.07, 6.45) is 0.826. The number of aryl methyl sites for hydroxylation is 1. The average Bonchev–Trinajstić information content (AvgIpc) is 3.46. The summed E-state index contributed by atoms with van der Waals surface area (Å²) in [4.78, 5) is 58.1. The molecule has 0 aliphatic carbocycles. The SMILES string of the molecule is CCC(C)OC(=O)C(CCC(=O)O)NC(=O)c1sccc1C#CCCc1cc2c(=O)[nH]c(N)nc2[nH]1. The lowest BCUT2D eigenvalue weighted by Crippen LogP contribution is -2.43. The number of hydrogen-bond acceptors (Lipinski definition) is 8. The lowest BCUT2D eigenvalue weighted by Gasteiger charge is -2.19. The van der Waals surface area contributed by atoms with Gasteiger partial charge in [0.05, 0.1) is 11.5 Å². The topological polar surface area (TPSA) is 180 Å². The average molecular weight is 514 g/mol. The van der Waals surface area contributed by atoms with Crippen molar-refractivity contribution in [1.29, 1.82) is 0 Å². The van der Waals surface area contributed by atoms with E-state index in [0.717, 1.165) is 5.69 Å². The molecule has 2 unspecified atom stereocenters. The van der Waals surface area contributed by atoms with E-state index in [2.05, 4.69) is 32.1 Å². The fourth-order valence-electron chi connectivity index (χ4n) is 3.27. The number of aromatic nitrogens is 3. The number of nitrogens with zero attached hydrogens (tertiary/aromatic N) is 1. The normalized spacial score (nSPS) is 12.4. The zero-order chi connectivity index (χ0) is 26.2. The smallest absolute Gasteiger partial charge is 0.328 e. The molecule has 0 saturated carbocycles. The first-order valence-corrected chi connectivity index (χ1v) is 12.2. The van der Waals surface area contributed by atoms with Gasteiger partial charge >= 0.3 is 11.9 Å². The van der Waals surface area contributed by atoms with Crippen LogP contribution in [0.4, 0.5) is 5.95 Å². The molecular formula is C24H27N5O6S. The third-order valence-electron chi connectivity index (χ3n) is 5.31. The molecule has 0 radical (unpaired) electrons. The molecule has 0 bridgehead atoms. The van der Waals surface area contributed by atoms with Gasteiger partial charge in [-0.25, -0.2) is 4.79 Å². The molecule has 190 valence electrons. The number of aromatic amines is 2. The number of fused-ring (bicyclic) bond motifs is 1. The van der Waals surface area contributed by atoms with E-state index in [1.807, 2.05) is 6.92 Å². The molecule has 3 aromatic rings. The zero-order valence-electron chi connectivity index (χ0n) is 19.8. The predicted octanol–water partition coefficient (Wildman–Crippen LogP) is 2.18. The fourth-order valence-corrected chi connectivity index (χ4v) is 4.02. The molecule has 11 nitrogen and oxygen atoms in total. The van der Waals surface area contributed by atoms with Crippen LogP contribution in [0.3, 0.4) is 0 Å². The van der Waals surface area contributed by atoms with Crippen LogP contribution in [0.5, 0.6) is 0 Å². The van der Waals surface area contributed by atoms with Crippen LogP contribution in [0.1, 0.15) is 60.5 Å². The van der Waals surface area contributed by atoms with E-state index in [1.165, 1.54) is 11.3 Å². The highest BCUT2D eigenvalue weighted by molar-refractivity contribution is 7.12. The Morgan fingerprint density at radius 2 is 2.11 bits per heavy atom. The number of carboxylic acid groups (broad SMARTS) is 1. The molecule has 12 heteroatoms. The van der Waals surface area contributed by atoms with Crippen molar-refractivity contribution in [3.8, 4) is 11.8 Å². The Bertz CT molecular complexity index is 1380. The predicted molar refractivity (Wildman–Crippen MR) is 135 cm³/mol. The number of thiophene rings is 1. The van der Waals surface area contributed by atoms with Gasteiger partial charge in [-0.05, 0) is 43.7 Å². The third kappa shape index (κ3) is 6.96. The van der Waals surface area contributed by atoms with Crippen LogP contribution >= 0.6 is 11.3 Å². The molecular weight excluding hydrogens is 486 g/mol.